The van der Waals surface area contributed by atoms with Crippen LogP contribution in [0.3, 0.4) is 0 Å². The molecular formula is C15H24N2O3S. The first kappa shape index (κ1) is 16.1. The zero-order valence-electron chi connectivity index (χ0n) is 12.8. The number of methoxy groups -OCH3 is 1. The molecule has 0 atom stereocenters. The first-order valence-electron chi connectivity index (χ1n) is 7.19. The molecule has 1 aromatic carbocycles. The van der Waals surface area contributed by atoms with Crippen LogP contribution in [0.4, 0.5) is 5.69 Å². The van der Waals surface area contributed by atoms with Crippen molar-refractivity contribution in [2.24, 2.45) is 5.41 Å². The van der Waals surface area contributed by atoms with Gasteiger partial charge in [-0.05, 0) is 49.3 Å². The van der Waals surface area contributed by atoms with E-state index in [1.54, 1.807) is 6.07 Å². The molecule has 0 heterocycles. The average Bonchev–Trinajstić information content (AvgIpc) is 2.41. The van der Waals surface area contributed by atoms with E-state index in [0.29, 0.717) is 16.9 Å². The highest BCUT2D eigenvalue weighted by Crippen LogP contribution is 2.35. The van der Waals surface area contributed by atoms with Crippen LogP contribution in [0.2, 0.25) is 0 Å². The molecule has 0 aliphatic heterocycles. The Morgan fingerprint density at radius 3 is 2.43 bits per heavy atom. The molecule has 6 heteroatoms. The Morgan fingerprint density at radius 2 is 1.90 bits per heavy atom. The Kier molecular flexibility index (Phi) is 4.49. The summed E-state index contributed by atoms with van der Waals surface area (Å²) >= 11 is 0. The summed E-state index contributed by atoms with van der Waals surface area (Å²) in [6, 6.07) is 4.54. The standard InChI is InChI=1S/C15H24N2O3S/c1-15(2)8-6-11(7-9-15)17-21(18,19)12-4-5-14(20-3)13(16)10-12/h4-5,10-11,17H,6-9,16H2,1-3H3. The van der Waals surface area contributed by atoms with Gasteiger partial charge in [0, 0.05) is 6.04 Å². The topological polar surface area (TPSA) is 81.4 Å². The molecule has 0 bridgehead atoms. The van der Waals surface area contributed by atoms with E-state index in [0.717, 1.165) is 25.7 Å². The third-order valence-corrected chi connectivity index (χ3v) is 5.69. The van der Waals surface area contributed by atoms with Crippen LogP contribution in [0.25, 0.3) is 0 Å². The lowest BCUT2D eigenvalue weighted by Crippen LogP contribution is -2.39. The van der Waals surface area contributed by atoms with E-state index in [4.69, 9.17) is 10.5 Å². The summed E-state index contributed by atoms with van der Waals surface area (Å²) in [6.45, 7) is 4.45. The van der Waals surface area contributed by atoms with Crippen LogP contribution >= 0.6 is 0 Å². The molecule has 1 aliphatic rings. The first-order chi connectivity index (χ1) is 9.73. The summed E-state index contributed by atoms with van der Waals surface area (Å²) in [5.74, 6) is 0.480. The smallest absolute Gasteiger partial charge is 0.240 e. The Labute approximate surface area is 126 Å². The molecule has 1 fully saturated rings. The molecule has 21 heavy (non-hydrogen) atoms. The van der Waals surface area contributed by atoms with Gasteiger partial charge in [0.25, 0.3) is 0 Å². The van der Waals surface area contributed by atoms with Crippen LogP contribution in [0.15, 0.2) is 23.1 Å². The summed E-state index contributed by atoms with van der Waals surface area (Å²) in [7, 11) is -2.03. The van der Waals surface area contributed by atoms with Crippen molar-refractivity contribution in [3.05, 3.63) is 18.2 Å². The van der Waals surface area contributed by atoms with Crippen LogP contribution in [-0.2, 0) is 10.0 Å². The number of anilines is 1. The fourth-order valence-electron chi connectivity index (χ4n) is 2.68. The number of nitrogens with two attached hydrogens (primary N) is 1. The minimum absolute atomic E-state index is 0.00588. The van der Waals surface area contributed by atoms with E-state index < -0.39 is 10.0 Å². The van der Waals surface area contributed by atoms with E-state index in [2.05, 4.69) is 18.6 Å². The predicted octanol–water partition coefficient (Wildman–Crippen LogP) is 2.52. The van der Waals surface area contributed by atoms with E-state index in [1.807, 2.05) is 0 Å². The molecular weight excluding hydrogens is 288 g/mol. The van der Waals surface area contributed by atoms with Gasteiger partial charge in [0.05, 0.1) is 17.7 Å². The lowest BCUT2D eigenvalue weighted by molar-refractivity contribution is 0.218. The van der Waals surface area contributed by atoms with Crippen molar-refractivity contribution in [1.29, 1.82) is 0 Å². The lowest BCUT2D eigenvalue weighted by atomic mass is 9.76. The molecule has 2 rings (SSSR count). The van der Waals surface area contributed by atoms with Gasteiger partial charge in [-0.2, -0.15) is 0 Å². The van der Waals surface area contributed by atoms with Crippen molar-refractivity contribution in [3.63, 3.8) is 0 Å². The largest absolute Gasteiger partial charge is 0.495 e. The Morgan fingerprint density at radius 1 is 1.29 bits per heavy atom. The Hall–Kier alpha value is -1.27. The normalized spacial score (nSPS) is 19.4. The van der Waals surface area contributed by atoms with Crippen LogP contribution in [0, 0.1) is 5.41 Å². The number of hydrogen-bond acceptors (Lipinski definition) is 4. The van der Waals surface area contributed by atoms with Gasteiger partial charge in [0.15, 0.2) is 0 Å². The molecule has 5 nitrogen and oxygen atoms in total. The van der Waals surface area contributed by atoms with E-state index >= 15 is 0 Å². The SMILES string of the molecule is COc1ccc(S(=O)(=O)NC2CCC(C)(C)CC2)cc1N. The molecule has 0 amide bonds. The number of nitrogen functional groups attached to an aromatic ring is 1. The Bertz CT molecular complexity index is 601. The van der Waals surface area contributed by atoms with Gasteiger partial charge in [-0.15, -0.1) is 0 Å². The van der Waals surface area contributed by atoms with Crippen molar-refractivity contribution in [2.45, 2.75) is 50.5 Å². The lowest BCUT2D eigenvalue weighted by Gasteiger charge is -2.34. The van der Waals surface area contributed by atoms with Crippen LogP contribution in [0.1, 0.15) is 39.5 Å². The van der Waals surface area contributed by atoms with Gasteiger partial charge >= 0.3 is 0 Å². The summed E-state index contributed by atoms with van der Waals surface area (Å²) in [5, 5.41) is 0. The monoisotopic (exact) mass is 312 g/mol. The summed E-state index contributed by atoms with van der Waals surface area (Å²) in [6.07, 6.45) is 3.81. The maximum absolute atomic E-state index is 12.4. The summed E-state index contributed by atoms with van der Waals surface area (Å²) in [5.41, 5.74) is 6.42. The van der Waals surface area contributed by atoms with Crippen molar-refractivity contribution >= 4 is 15.7 Å². The highest BCUT2D eigenvalue weighted by Gasteiger charge is 2.29. The zero-order valence-corrected chi connectivity index (χ0v) is 13.7. The van der Waals surface area contributed by atoms with Gasteiger partial charge in [-0.25, -0.2) is 13.1 Å². The minimum Gasteiger partial charge on any atom is -0.495 e. The molecule has 1 aromatic rings. The van der Waals surface area contributed by atoms with Crippen molar-refractivity contribution in [1.82, 2.24) is 4.72 Å². The number of rotatable bonds is 4. The molecule has 118 valence electrons. The van der Waals surface area contributed by atoms with E-state index in [-0.39, 0.29) is 10.9 Å². The maximum atomic E-state index is 12.4. The van der Waals surface area contributed by atoms with Gasteiger partial charge in [0.1, 0.15) is 5.75 Å². The number of hydrogen-bond donors (Lipinski definition) is 2. The van der Waals surface area contributed by atoms with Crippen LogP contribution < -0.4 is 15.2 Å². The quantitative estimate of drug-likeness (QED) is 0.837. The van der Waals surface area contributed by atoms with E-state index in [9.17, 15) is 8.42 Å². The van der Waals surface area contributed by atoms with Gasteiger partial charge in [-0.3, -0.25) is 0 Å². The molecule has 0 saturated heterocycles. The second-order valence-electron chi connectivity index (χ2n) is 6.46. The molecule has 0 aromatic heterocycles. The number of sulfonamides is 1. The first-order valence-corrected chi connectivity index (χ1v) is 8.68. The van der Waals surface area contributed by atoms with Gasteiger partial charge in [-0.1, -0.05) is 13.8 Å². The second kappa shape index (κ2) is 5.85. The summed E-state index contributed by atoms with van der Waals surface area (Å²) in [4.78, 5) is 0.186. The molecule has 0 unspecified atom stereocenters. The number of ether oxygens (including phenoxy) is 1. The van der Waals surface area contributed by atoms with Crippen molar-refractivity contribution in [3.8, 4) is 5.75 Å². The third kappa shape index (κ3) is 3.89. The molecule has 0 radical (unpaired) electrons. The summed E-state index contributed by atoms with van der Waals surface area (Å²) < 4.78 is 32.6. The van der Waals surface area contributed by atoms with E-state index in [1.165, 1.54) is 19.2 Å². The van der Waals surface area contributed by atoms with Crippen LogP contribution in [-0.4, -0.2) is 21.6 Å². The highest BCUT2D eigenvalue weighted by molar-refractivity contribution is 7.89. The van der Waals surface area contributed by atoms with Crippen molar-refractivity contribution in [2.75, 3.05) is 12.8 Å². The minimum atomic E-state index is -3.53. The van der Waals surface area contributed by atoms with Gasteiger partial charge < -0.3 is 10.5 Å². The Balaban J connectivity index is 2.10. The maximum Gasteiger partial charge on any atom is 0.240 e. The highest BCUT2D eigenvalue weighted by atomic mass is 32.2. The third-order valence-electron chi connectivity index (χ3n) is 4.17. The number of nitrogens with one attached hydrogen (secondary N) is 1. The van der Waals surface area contributed by atoms with Gasteiger partial charge in [0.2, 0.25) is 10.0 Å². The average molecular weight is 312 g/mol. The van der Waals surface area contributed by atoms with Crippen LogP contribution in [0.5, 0.6) is 5.75 Å². The zero-order chi connectivity index (χ0) is 15.7. The molecule has 3 N–H and O–H groups in total. The second-order valence-corrected chi connectivity index (χ2v) is 8.18. The fourth-order valence-corrected chi connectivity index (χ4v) is 4.02. The molecule has 1 saturated carbocycles. The number of benzene rings is 1. The molecule has 1 aliphatic carbocycles. The fraction of sp³-hybridized carbons (Fsp3) is 0.600. The predicted molar refractivity (Wildman–Crippen MR) is 83.8 cm³/mol. The molecule has 0 spiro atoms. The van der Waals surface area contributed by atoms with Crippen molar-refractivity contribution < 1.29 is 13.2 Å².